The van der Waals surface area contributed by atoms with E-state index >= 15 is 0 Å². The number of halogens is 1. The zero-order valence-corrected chi connectivity index (χ0v) is 15.2. The van der Waals surface area contributed by atoms with Crippen LogP contribution in [0.25, 0.3) is 0 Å². The van der Waals surface area contributed by atoms with E-state index in [1.807, 2.05) is 32.9 Å². The van der Waals surface area contributed by atoms with Gasteiger partial charge in [-0.2, -0.15) is 0 Å². The fraction of sp³-hybridized carbons (Fsp3) is 0.300. The van der Waals surface area contributed by atoms with Gasteiger partial charge in [-0.15, -0.1) is 0 Å². The molecule has 0 aromatic heterocycles. The van der Waals surface area contributed by atoms with Crippen LogP contribution in [0.15, 0.2) is 30.3 Å². The summed E-state index contributed by atoms with van der Waals surface area (Å²) in [5.41, 5.74) is 4.04. The van der Waals surface area contributed by atoms with Crippen molar-refractivity contribution < 1.29 is 23.8 Å². The van der Waals surface area contributed by atoms with Crippen LogP contribution in [0, 0.1) is 26.6 Å². The maximum atomic E-state index is 13.9. The highest BCUT2D eigenvalue weighted by molar-refractivity contribution is 5.86. The topological polar surface area (TPSA) is 75.6 Å². The van der Waals surface area contributed by atoms with E-state index in [-0.39, 0.29) is 17.7 Å². The summed E-state index contributed by atoms with van der Waals surface area (Å²) in [5, 5.41) is 11.9. The smallest absolute Gasteiger partial charge is 0.330 e. The molecule has 1 atom stereocenters. The molecular weight excluding hydrogens is 337 g/mol. The van der Waals surface area contributed by atoms with Crippen molar-refractivity contribution in [3.63, 3.8) is 0 Å². The molecule has 1 unspecified atom stereocenters. The molecular formula is C20H22FNO4. The molecule has 2 N–H and O–H groups in total. The van der Waals surface area contributed by atoms with Crippen LogP contribution in [0.1, 0.15) is 33.9 Å². The largest absolute Gasteiger partial charge is 0.494 e. The Labute approximate surface area is 151 Å². The summed E-state index contributed by atoms with van der Waals surface area (Å²) >= 11 is 0. The number of nitrogens with one attached hydrogen (secondary N) is 1. The summed E-state index contributed by atoms with van der Waals surface area (Å²) in [6.07, 6.45) is 0.0559. The van der Waals surface area contributed by atoms with Gasteiger partial charge in [-0.05, 0) is 55.2 Å². The number of aliphatic carboxylic acids is 1. The van der Waals surface area contributed by atoms with Crippen LogP contribution < -0.4 is 10.1 Å². The van der Waals surface area contributed by atoms with Gasteiger partial charge in [-0.3, -0.25) is 4.79 Å². The maximum Gasteiger partial charge on any atom is 0.330 e. The van der Waals surface area contributed by atoms with E-state index in [9.17, 15) is 19.1 Å². The lowest BCUT2D eigenvalue weighted by atomic mass is 9.97. The van der Waals surface area contributed by atoms with Crippen LogP contribution in [0.3, 0.4) is 0 Å². The second-order valence-electron chi connectivity index (χ2n) is 6.29. The van der Waals surface area contributed by atoms with Crippen molar-refractivity contribution in [2.75, 3.05) is 7.11 Å². The van der Waals surface area contributed by atoms with Gasteiger partial charge in [0.05, 0.1) is 13.5 Å². The van der Waals surface area contributed by atoms with Crippen LogP contribution in [0.5, 0.6) is 5.75 Å². The number of hydrogen-bond acceptors (Lipinski definition) is 3. The molecule has 2 aromatic rings. The Morgan fingerprint density at radius 2 is 1.77 bits per heavy atom. The minimum absolute atomic E-state index is 0.00937. The van der Waals surface area contributed by atoms with Gasteiger partial charge in [0.2, 0.25) is 5.91 Å². The van der Waals surface area contributed by atoms with E-state index in [0.29, 0.717) is 0 Å². The van der Waals surface area contributed by atoms with Gasteiger partial charge in [-0.25, -0.2) is 9.18 Å². The van der Waals surface area contributed by atoms with Crippen LogP contribution >= 0.6 is 0 Å². The highest BCUT2D eigenvalue weighted by Gasteiger charge is 2.24. The number of carbonyl (C=O) groups excluding carboxylic acids is 1. The van der Waals surface area contributed by atoms with E-state index in [1.54, 1.807) is 0 Å². The molecule has 2 rings (SSSR count). The van der Waals surface area contributed by atoms with Gasteiger partial charge < -0.3 is 15.2 Å². The van der Waals surface area contributed by atoms with Crippen molar-refractivity contribution in [1.82, 2.24) is 5.32 Å². The first kappa shape index (κ1) is 19.4. The Bertz CT molecular complexity index is 825. The average molecular weight is 359 g/mol. The standard InChI is InChI=1S/C20H22FNO4/c1-11-7-12(2)15(13(3)8-11)10-18(23)22-19(20(24)25)14-5-6-17(26-4)16(21)9-14/h5-9,19H,10H2,1-4H3,(H,22,23)(H,24,25). The lowest BCUT2D eigenvalue weighted by Crippen LogP contribution is -2.35. The molecule has 0 saturated heterocycles. The van der Waals surface area contributed by atoms with Crippen LogP contribution in [0.2, 0.25) is 0 Å². The molecule has 0 bridgehead atoms. The Kier molecular flexibility index (Phi) is 5.97. The summed E-state index contributed by atoms with van der Waals surface area (Å²) in [5.74, 6) is -2.38. The number of carbonyl (C=O) groups is 2. The Morgan fingerprint density at radius 3 is 2.27 bits per heavy atom. The van der Waals surface area contributed by atoms with Crippen LogP contribution in [0.4, 0.5) is 4.39 Å². The molecule has 6 heteroatoms. The van der Waals surface area contributed by atoms with Crippen molar-refractivity contribution in [3.05, 3.63) is 64.0 Å². The highest BCUT2D eigenvalue weighted by Crippen LogP contribution is 2.23. The number of rotatable bonds is 6. The highest BCUT2D eigenvalue weighted by atomic mass is 19.1. The lowest BCUT2D eigenvalue weighted by Gasteiger charge is -2.17. The molecule has 0 heterocycles. The predicted molar refractivity (Wildman–Crippen MR) is 95.8 cm³/mol. The summed E-state index contributed by atoms with van der Waals surface area (Å²) in [6.45, 7) is 5.80. The molecule has 0 radical (unpaired) electrons. The summed E-state index contributed by atoms with van der Waals surface area (Å²) in [4.78, 5) is 24.0. The first-order valence-electron chi connectivity index (χ1n) is 8.15. The first-order valence-corrected chi connectivity index (χ1v) is 8.15. The van der Waals surface area contributed by atoms with Gasteiger partial charge in [0.15, 0.2) is 17.6 Å². The molecule has 0 aliphatic heterocycles. The fourth-order valence-corrected chi connectivity index (χ4v) is 3.01. The number of methoxy groups -OCH3 is 1. The number of carboxylic acids is 1. The molecule has 5 nitrogen and oxygen atoms in total. The minimum Gasteiger partial charge on any atom is -0.494 e. The summed E-state index contributed by atoms with van der Waals surface area (Å²) in [7, 11) is 1.32. The molecule has 0 aliphatic carbocycles. The Balaban J connectivity index is 2.22. The zero-order chi connectivity index (χ0) is 19.4. The van der Waals surface area contributed by atoms with Crippen molar-refractivity contribution in [2.45, 2.75) is 33.2 Å². The monoisotopic (exact) mass is 359 g/mol. The summed E-state index contributed by atoms with van der Waals surface area (Å²) in [6, 6.07) is 6.42. The van der Waals surface area contributed by atoms with Crippen LogP contribution in [-0.2, 0) is 16.0 Å². The minimum atomic E-state index is -1.34. The van der Waals surface area contributed by atoms with Crippen molar-refractivity contribution in [1.29, 1.82) is 0 Å². The van der Waals surface area contributed by atoms with Gasteiger partial charge in [0.1, 0.15) is 0 Å². The molecule has 0 saturated carbocycles. The second-order valence-corrected chi connectivity index (χ2v) is 6.29. The maximum absolute atomic E-state index is 13.9. The number of carboxylic acid groups (broad SMARTS) is 1. The molecule has 1 amide bonds. The van der Waals surface area contributed by atoms with Gasteiger partial charge in [0.25, 0.3) is 0 Å². The fourth-order valence-electron chi connectivity index (χ4n) is 3.01. The van der Waals surface area contributed by atoms with Crippen molar-refractivity contribution in [2.24, 2.45) is 0 Å². The van der Waals surface area contributed by atoms with E-state index in [4.69, 9.17) is 4.74 Å². The molecule has 0 spiro atoms. The number of amides is 1. The molecule has 2 aromatic carbocycles. The second kappa shape index (κ2) is 7.99. The van der Waals surface area contributed by atoms with Gasteiger partial charge in [0, 0.05) is 0 Å². The first-order chi connectivity index (χ1) is 12.2. The van der Waals surface area contributed by atoms with E-state index in [2.05, 4.69) is 5.32 Å². The quantitative estimate of drug-likeness (QED) is 0.830. The summed E-state index contributed by atoms with van der Waals surface area (Å²) < 4.78 is 18.7. The third-order valence-corrected chi connectivity index (χ3v) is 4.24. The number of ether oxygens (including phenoxy) is 1. The molecule has 26 heavy (non-hydrogen) atoms. The molecule has 138 valence electrons. The predicted octanol–water partition coefficient (Wildman–Crippen LogP) is 3.24. The van der Waals surface area contributed by atoms with Crippen LogP contribution in [-0.4, -0.2) is 24.1 Å². The Morgan fingerprint density at radius 1 is 1.15 bits per heavy atom. The zero-order valence-electron chi connectivity index (χ0n) is 15.2. The SMILES string of the molecule is COc1ccc(C(NC(=O)Cc2c(C)cc(C)cc2C)C(=O)O)cc1F. The number of hydrogen-bond donors (Lipinski definition) is 2. The number of benzene rings is 2. The average Bonchev–Trinajstić information content (AvgIpc) is 2.55. The van der Waals surface area contributed by atoms with Crippen molar-refractivity contribution >= 4 is 11.9 Å². The number of aryl methyl sites for hydroxylation is 3. The normalized spacial score (nSPS) is 11.7. The molecule has 0 fully saturated rings. The van der Waals surface area contributed by atoms with Crippen molar-refractivity contribution in [3.8, 4) is 5.75 Å². The van der Waals surface area contributed by atoms with Gasteiger partial charge in [-0.1, -0.05) is 23.8 Å². The van der Waals surface area contributed by atoms with E-state index in [1.165, 1.54) is 19.2 Å². The third kappa shape index (κ3) is 4.39. The third-order valence-electron chi connectivity index (χ3n) is 4.24. The van der Waals surface area contributed by atoms with E-state index < -0.39 is 23.7 Å². The Hall–Kier alpha value is -2.89. The molecule has 0 aliphatic rings. The van der Waals surface area contributed by atoms with Gasteiger partial charge >= 0.3 is 5.97 Å². The lowest BCUT2D eigenvalue weighted by molar-refractivity contribution is -0.142. The van der Waals surface area contributed by atoms with E-state index in [0.717, 1.165) is 28.3 Å².